The van der Waals surface area contributed by atoms with Gasteiger partial charge in [-0.15, -0.1) is 0 Å². The summed E-state index contributed by atoms with van der Waals surface area (Å²) in [5.41, 5.74) is 5.40. The van der Waals surface area contributed by atoms with Gasteiger partial charge in [0.25, 0.3) is 10.0 Å². The van der Waals surface area contributed by atoms with Crippen molar-refractivity contribution in [2.45, 2.75) is 4.90 Å². The van der Waals surface area contributed by atoms with Gasteiger partial charge < -0.3 is 5.73 Å². The van der Waals surface area contributed by atoms with Crippen molar-refractivity contribution >= 4 is 33.1 Å². The van der Waals surface area contributed by atoms with E-state index >= 15 is 0 Å². The SMILES string of the molecule is Nc1ccc(S(=O)(=O)Nc2cc(F)cc(Cl)c2)cn1. The maximum Gasteiger partial charge on any atom is 0.263 e. The molecule has 0 spiro atoms. The molecule has 3 N–H and O–H groups in total. The highest BCUT2D eigenvalue weighted by atomic mass is 35.5. The molecule has 1 aromatic carbocycles. The summed E-state index contributed by atoms with van der Waals surface area (Å²) < 4.78 is 39.3. The molecule has 8 heteroatoms. The van der Waals surface area contributed by atoms with Crippen LogP contribution in [0.4, 0.5) is 15.9 Å². The first kappa shape index (κ1) is 13.6. The average Bonchev–Trinajstić information content (AvgIpc) is 2.27. The number of anilines is 2. The standard InChI is InChI=1S/C11H9ClFN3O2S/c12-7-3-8(13)5-9(4-7)16-19(17,18)10-1-2-11(14)15-6-10/h1-6,16H,(H2,14,15). The first-order valence-corrected chi connectivity index (χ1v) is 6.93. The minimum absolute atomic E-state index is 0.0295. The molecule has 0 saturated carbocycles. The van der Waals surface area contributed by atoms with Gasteiger partial charge in [-0.25, -0.2) is 17.8 Å². The van der Waals surface area contributed by atoms with Crippen LogP contribution < -0.4 is 10.5 Å². The predicted molar refractivity (Wildman–Crippen MR) is 70.9 cm³/mol. The van der Waals surface area contributed by atoms with E-state index in [1.165, 1.54) is 18.2 Å². The number of aromatic nitrogens is 1. The number of hydrogen-bond donors (Lipinski definition) is 2. The molecule has 5 nitrogen and oxygen atoms in total. The molecule has 2 aromatic rings. The van der Waals surface area contributed by atoms with E-state index in [9.17, 15) is 12.8 Å². The first-order chi connectivity index (χ1) is 8.87. The fourth-order valence-corrected chi connectivity index (χ4v) is 2.58. The van der Waals surface area contributed by atoms with Crippen molar-refractivity contribution in [3.8, 4) is 0 Å². The fraction of sp³-hybridized carbons (Fsp3) is 0. The normalized spacial score (nSPS) is 11.3. The summed E-state index contributed by atoms with van der Waals surface area (Å²) in [6.07, 6.45) is 1.11. The molecular weight excluding hydrogens is 293 g/mol. The van der Waals surface area contributed by atoms with E-state index in [0.29, 0.717) is 0 Å². The Morgan fingerprint density at radius 3 is 2.58 bits per heavy atom. The van der Waals surface area contributed by atoms with Gasteiger partial charge in [0.2, 0.25) is 0 Å². The van der Waals surface area contributed by atoms with Gasteiger partial charge in [0.15, 0.2) is 0 Å². The average molecular weight is 302 g/mol. The Labute approximate surface area is 114 Å². The predicted octanol–water partition coefficient (Wildman–Crippen LogP) is 2.26. The minimum Gasteiger partial charge on any atom is -0.384 e. The molecule has 1 aromatic heterocycles. The van der Waals surface area contributed by atoms with E-state index in [4.69, 9.17) is 17.3 Å². The molecule has 0 fully saturated rings. The lowest BCUT2D eigenvalue weighted by molar-refractivity contribution is 0.600. The van der Waals surface area contributed by atoms with Gasteiger partial charge in [0, 0.05) is 11.2 Å². The van der Waals surface area contributed by atoms with Gasteiger partial charge in [-0.3, -0.25) is 4.72 Å². The van der Waals surface area contributed by atoms with E-state index in [0.717, 1.165) is 18.3 Å². The van der Waals surface area contributed by atoms with Gasteiger partial charge in [0.1, 0.15) is 16.5 Å². The number of nitrogens with one attached hydrogen (secondary N) is 1. The monoisotopic (exact) mass is 301 g/mol. The minimum atomic E-state index is -3.86. The smallest absolute Gasteiger partial charge is 0.263 e. The van der Waals surface area contributed by atoms with Crippen molar-refractivity contribution in [3.63, 3.8) is 0 Å². The molecule has 0 unspecified atom stereocenters. The van der Waals surface area contributed by atoms with Crippen LogP contribution in [-0.4, -0.2) is 13.4 Å². The van der Waals surface area contributed by atoms with Crippen molar-refractivity contribution in [2.75, 3.05) is 10.5 Å². The van der Waals surface area contributed by atoms with Crippen molar-refractivity contribution in [2.24, 2.45) is 0 Å². The second-order valence-corrected chi connectivity index (χ2v) is 5.80. The molecule has 0 amide bonds. The Kier molecular flexibility index (Phi) is 3.59. The second kappa shape index (κ2) is 5.02. The summed E-state index contributed by atoms with van der Waals surface area (Å²) in [5.74, 6) is -0.437. The molecule has 2 rings (SSSR count). The molecule has 1 heterocycles. The number of halogens is 2. The van der Waals surface area contributed by atoms with Crippen molar-refractivity contribution in [1.82, 2.24) is 4.98 Å². The van der Waals surface area contributed by atoms with E-state index in [1.54, 1.807) is 0 Å². The van der Waals surface area contributed by atoms with Crippen molar-refractivity contribution < 1.29 is 12.8 Å². The Hall–Kier alpha value is -1.86. The molecule has 19 heavy (non-hydrogen) atoms. The number of nitrogens with two attached hydrogens (primary N) is 1. The van der Waals surface area contributed by atoms with Gasteiger partial charge in [-0.05, 0) is 30.3 Å². The summed E-state index contributed by atoms with van der Waals surface area (Å²) >= 11 is 5.64. The van der Waals surface area contributed by atoms with Crippen LogP contribution in [0.2, 0.25) is 5.02 Å². The zero-order valence-electron chi connectivity index (χ0n) is 9.47. The lowest BCUT2D eigenvalue weighted by Gasteiger charge is -2.08. The number of nitrogen functional groups attached to an aromatic ring is 1. The Morgan fingerprint density at radius 1 is 1.26 bits per heavy atom. The van der Waals surface area contributed by atoms with Crippen LogP contribution in [0.25, 0.3) is 0 Å². The lowest BCUT2D eigenvalue weighted by Crippen LogP contribution is -2.13. The summed E-state index contributed by atoms with van der Waals surface area (Å²) in [5, 5.41) is 0.0909. The van der Waals surface area contributed by atoms with Crippen LogP contribution in [0.1, 0.15) is 0 Å². The maximum atomic E-state index is 13.1. The first-order valence-electron chi connectivity index (χ1n) is 5.07. The van der Waals surface area contributed by atoms with Crippen molar-refractivity contribution in [3.05, 3.63) is 47.4 Å². The quantitative estimate of drug-likeness (QED) is 0.910. The molecule has 0 bridgehead atoms. The van der Waals surface area contributed by atoms with Gasteiger partial charge in [-0.2, -0.15) is 0 Å². The second-order valence-electron chi connectivity index (χ2n) is 3.68. The number of benzene rings is 1. The fourth-order valence-electron chi connectivity index (χ4n) is 1.38. The number of rotatable bonds is 3. The molecular formula is C11H9ClFN3O2S. The topological polar surface area (TPSA) is 85.1 Å². The number of nitrogens with zero attached hydrogens (tertiary/aromatic N) is 1. The highest BCUT2D eigenvalue weighted by molar-refractivity contribution is 7.92. The molecule has 0 aliphatic heterocycles. The summed E-state index contributed by atoms with van der Waals surface area (Å²) in [4.78, 5) is 3.60. The molecule has 0 aliphatic carbocycles. The molecule has 0 saturated heterocycles. The van der Waals surface area contributed by atoms with Crippen molar-refractivity contribution in [1.29, 1.82) is 0 Å². The van der Waals surface area contributed by atoms with Crippen LogP contribution in [0.3, 0.4) is 0 Å². The van der Waals surface area contributed by atoms with E-state index in [-0.39, 0.29) is 21.4 Å². The highest BCUT2D eigenvalue weighted by Crippen LogP contribution is 2.21. The van der Waals surface area contributed by atoms with Crippen LogP contribution in [0.5, 0.6) is 0 Å². The lowest BCUT2D eigenvalue weighted by atomic mass is 10.3. The Balaban J connectivity index is 2.33. The Bertz CT molecular complexity index is 684. The molecule has 0 aliphatic rings. The third-order valence-electron chi connectivity index (χ3n) is 2.18. The third kappa shape index (κ3) is 3.33. The number of sulfonamides is 1. The Morgan fingerprint density at radius 2 is 2.00 bits per heavy atom. The van der Waals surface area contributed by atoms with Gasteiger partial charge in [-0.1, -0.05) is 11.6 Å². The van der Waals surface area contributed by atoms with Gasteiger partial charge >= 0.3 is 0 Å². The maximum absolute atomic E-state index is 13.1. The molecule has 0 atom stereocenters. The van der Waals surface area contributed by atoms with Crippen LogP contribution in [-0.2, 0) is 10.0 Å². The largest absolute Gasteiger partial charge is 0.384 e. The number of hydrogen-bond acceptors (Lipinski definition) is 4. The van der Waals surface area contributed by atoms with E-state index in [1.807, 2.05) is 0 Å². The zero-order valence-corrected chi connectivity index (χ0v) is 11.0. The highest BCUT2D eigenvalue weighted by Gasteiger charge is 2.15. The van der Waals surface area contributed by atoms with Crippen LogP contribution >= 0.6 is 11.6 Å². The zero-order chi connectivity index (χ0) is 14.0. The van der Waals surface area contributed by atoms with Gasteiger partial charge in [0.05, 0.1) is 5.69 Å². The molecule has 0 radical (unpaired) electrons. The third-order valence-corrected chi connectivity index (χ3v) is 3.77. The van der Waals surface area contributed by atoms with E-state index in [2.05, 4.69) is 9.71 Å². The summed E-state index contributed by atoms with van der Waals surface area (Å²) in [6, 6.07) is 6.05. The van der Waals surface area contributed by atoms with Crippen LogP contribution in [0, 0.1) is 5.82 Å². The summed E-state index contributed by atoms with van der Waals surface area (Å²) in [7, 11) is -3.86. The van der Waals surface area contributed by atoms with E-state index < -0.39 is 15.8 Å². The van der Waals surface area contributed by atoms with Crippen LogP contribution in [0.15, 0.2) is 41.4 Å². The summed E-state index contributed by atoms with van der Waals surface area (Å²) in [6.45, 7) is 0. The number of pyridine rings is 1. The molecule has 100 valence electrons.